The summed E-state index contributed by atoms with van der Waals surface area (Å²) < 4.78 is 2.16. The molecule has 0 aliphatic heterocycles. The Bertz CT molecular complexity index is 2160. The Labute approximate surface area is 248 Å². The SMILES string of the molecule is c1ccc(-c2nc(-c3ccccc3)nc(-c3ccc(-c4nc5ccccn5c4-c4ccc5ccccc5c4)cc3)n2)cc1. The molecule has 202 valence electrons. The van der Waals surface area contributed by atoms with Crippen LogP contribution in [0.2, 0.25) is 0 Å². The fourth-order valence-electron chi connectivity index (χ4n) is 5.52. The van der Waals surface area contributed by atoms with Crippen molar-refractivity contribution in [2.24, 2.45) is 0 Å². The molecule has 3 aromatic heterocycles. The fraction of sp³-hybridized carbons (Fsp3) is 0. The van der Waals surface area contributed by atoms with Gasteiger partial charge in [0.15, 0.2) is 17.5 Å². The Hall–Kier alpha value is -5.94. The molecule has 5 aromatic carbocycles. The summed E-state index contributed by atoms with van der Waals surface area (Å²) in [5, 5.41) is 2.42. The zero-order valence-corrected chi connectivity index (χ0v) is 23.2. The van der Waals surface area contributed by atoms with Gasteiger partial charge in [-0.2, -0.15) is 0 Å². The maximum absolute atomic E-state index is 5.07. The molecule has 3 heterocycles. The van der Waals surface area contributed by atoms with Gasteiger partial charge in [-0.3, -0.25) is 4.40 Å². The molecule has 5 heteroatoms. The lowest BCUT2D eigenvalue weighted by Gasteiger charge is -2.10. The lowest BCUT2D eigenvalue weighted by atomic mass is 10.0. The second-order valence-corrected chi connectivity index (χ2v) is 10.4. The molecule has 0 amide bonds. The van der Waals surface area contributed by atoms with E-state index < -0.39 is 0 Å². The number of hydrogen-bond acceptors (Lipinski definition) is 4. The van der Waals surface area contributed by atoms with Gasteiger partial charge in [-0.1, -0.05) is 127 Å². The van der Waals surface area contributed by atoms with Crippen molar-refractivity contribution in [2.45, 2.75) is 0 Å². The largest absolute Gasteiger partial charge is 0.299 e. The van der Waals surface area contributed by atoms with Crippen molar-refractivity contribution in [3.05, 3.63) is 152 Å². The van der Waals surface area contributed by atoms with Crippen molar-refractivity contribution < 1.29 is 0 Å². The van der Waals surface area contributed by atoms with E-state index in [0.29, 0.717) is 17.5 Å². The third-order valence-electron chi connectivity index (χ3n) is 7.67. The predicted octanol–water partition coefficient (Wildman–Crippen LogP) is 9.01. The molecule has 0 atom stereocenters. The molecule has 0 bridgehead atoms. The van der Waals surface area contributed by atoms with Crippen LogP contribution in [0, 0.1) is 0 Å². The lowest BCUT2D eigenvalue weighted by molar-refractivity contribution is 1.07. The number of benzene rings is 5. The molecule has 0 aliphatic rings. The van der Waals surface area contributed by atoms with Gasteiger partial charge in [0.25, 0.3) is 0 Å². The summed E-state index contributed by atoms with van der Waals surface area (Å²) >= 11 is 0. The summed E-state index contributed by atoms with van der Waals surface area (Å²) in [5.41, 5.74) is 7.85. The minimum absolute atomic E-state index is 0.629. The third-order valence-corrected chi connectivity index (χ3v) is 7.67. The smallest absolute Gasteiger partial charge is 0.164 e. The Morgan fingerprint density at radius 2 is 0.884 bits per heavy atom. The van der Waals surface area contributed by atoms with Gasteiger partial charge >= 0.3 is 0 Å². The maximum atomic E-state index is 5.07. The average Bonchev–Trinajstić information content (AvgIpc) is 3.48. The van der Waals surface area contributed by atoms with E-state index in [1.807, 2.05) is 78.9 Å². The van der Waals surface area contributed by atoms with Crippen molar-refractivity contribution in [1.82, 2.24) is 24.3 Å². The molecule has 0 spiro atoms. The molecule has 0 radical (unpaired) electrons. The maximum Gasteiger partial charge on any atom is 0.164 e. The standard InChI is InChI=1S/C38H25N5/c1-3-12-28(13-4-1)36-40-37(29-14-5-2-6-15-29)42-38(41-36)30-21-19-27(20-22-30)34-35(43-24-10-9-17-33(43)39-34)32-23-18-26-11-7-8-16-31(26)25-32/h1-25H. The minimum Gasteiger partial charge on any atom is -0.299 e. The Morgan fingerprint density at radius 3 is 1.53 bits per heavy atom. The Morgan fingerprint density at radius 1 is 0.372 bits per heavy atom. The number of imidazole rings is 1. The molecular weight excluding hydrogens is 526 g/mol. The van der Waals surface area contributed by atoms with Gasteiger partial charge in [-0.15, -0.1) is 0 Å². The summed E-state index contributed by atoms with van der Waals surface area (Å²) in [4.78, 5) is 19.7. The molecule has 43 heavy (non-hydrogen) atoms. The van der Waals surface area contributed by atoms with Crippen LogP contribution in [0.15, 0.2) is 152 Å². The first-order valence-electron chi connectivity index (χ1n) is 14.2. The van der Waals surface area contributed by atoms with Crippen LogP contribution < -0.4 is 0 Å². The highest BCUT2D eigenvalue weighted by molar-refractivity contribution is 5.90. The molecule has 0 N–H and O–H groups in total. The van der Waals surface area contributed by atoms with E-state index in [9.17, 15) is 0 Å². The highest BCUT2D eigenvalue weighted by Gasteiger charge is 2.17. The van der Waals surface area contributed by atoms with Gasteiger partial charge in [0.05, 0.1) is 11.4 Å². The second-order valence-electron chi connectivity index (χ2n) is 10.4. The van der Waals surface area contributed by atoms with Crippen LogP contribution in [-0.2, 0) is 0 Å². The quantitative estimate of drug-likeness (QED) is 0.214. The van der Waals surface area contributed by atoms with Gasteiger partial charge in [-0.05, 0) is 29.0 Å². The highest BCUT2D eigenvalue weighted by Crippen LogP contribution is 2.35. The van der Waals surface area contributed by atoms with Crippen LogP contribution in [0.25, 0.3) is 73.1 Å². The molecule has 0 unspecified atom stereocenters. The molecule has 0 saturated heterocycles. The van der Waals surface area contributed by atoms with Gasteiger partial charge in [0.2, 0.25) is 0 Å². The average molecular weight is 552 g/mol. The topological polar surface area (TPSA) is 56.0 Å². The van der Waals surface area contributed by atoms with Crippen LogP contribution in [0.4, 0.5) is 0 Å². The van der Waals surface area contributed by atoms with E-state index in [4.69, 9.17) is 19.9 Å². The number of rotatable bonds is 5. The Kier molecular flexibility index (Phi) is 6.05. The number of nitrogens with zero attached hydrogens (tertiary/aromatic N) is 5. The first-order chi connectivity index (χ1) is 21.3. The van der Waals surface area contributed by atoms with E-state index in [2.05, 4.69) is 77.3 Å². The molecule has 8 rings (SSSR count). The number of aromatic nitrogens is 5. The van der Waals surface area contributed by atoms with Gasteiger partial charge in [-0.25, -0.2) is 19.9 Å². The number of fused-ring (bicyclic) bond motifs is 2. The van der Waals surface area contributed by atoms with E-state index >= 15 is 0 Å². The Balaban J connectivity index is 1.24. The zero-order chi connectivity index (χ0) is 28.6. The first-order valence-corrected chi connectivity index (χ1v) is 14.2. The van der Waals surface area contributed by atoms with Crippen LogP contribution >= 0.6 is 0 Å². The van der Waals surface area contributed by atoms with Crippen LogP contribution in [-0.4, -0.2) is 24.3 Å². The summed E-state index contributed by atoms with van der Waals surface area (Å²) in [6.45, 7) is 0. The van der Waals surface area contributed by atoms with Crippen molar-refractivity contribution >= 4 is 16.4 Å². The third kappa shape index (κ3) is 4.63. The van der Waals surface area contributed by atoms with E-state index in [0.717, 1.165) is 44.9 Å². The van der Waals surface area contributed by atoms with Crippen molar-refractivity contribution in [3.8, 4) is 56.7 Å². The van der Waals surface area contributed by atoms with Gasteiger partial charge < -0.3 is 0 Å². The normalized spacial score (nSPS) is 11.3. The number of hydrogen-bond donors (Lipinski definition) is 0. The van der Waals surface area contributed by atoms with Crippen LogP contribution in [0.3, 0.4) is 0 Å². The molecule has 0 saturated carbocycles. The van der Waals surface area contributed by atoms with Crippen LogP contribution in [0.5, 0.6) is 0 Å². The number of pyridine rings is 1. The second kappa shape index (κ2) is 10.5. The summed E-state index contributed by atoms with van der Waals surface area (Å²) in [6, 6.07) is 49.6. The zero-order valence-electron chi connectivity index (χ0n) is 23.2. The van der Waals surface area contributed by atoms with Gasteiger partial charge in [0, 0.05) is 34.0 Å². The van der Waals surface area contributed by atoms with E-state index in [1.165, 1.54) is 10.8 Å². The van der Waals surface area contributed by atoms with E-state index in [-0.39, 0.29) is 0 Å². The summed E-state index contributed by atoms with van der Waals surface area (Å²) in [7, 11) is 0. The lowest BCUT2D eigenvalue weighted by Crippen LogP contribution is -2.00. The summed E-state index contributed by atoms with van der Waals surface area (Å²) in [6.07, 6.45) is 2.08. The van der Waals surface area contributed by atoms with Crippen molar-refractivity contribution in [1.29, 1.82) is 0 Å². The molecular formula is C38H25N5. The fourth-order valence-corrected chi connectivity index (χ4v) is 5.52. The van der Waals surface area contributed by atoms with Crippen LogP contribution in [0.1, 0.15) is 0 Å². The minimum atomic E-state index is 0.629. The molecule has 8 aromatic rings. The monoisotopic (exact) mass is 551 g/mol. The molecule has 5 nitrogen and oxygen atoms in total. The first kappa shape index (κ1) is 24.8. The highest BCUT2D eigenvalue weighted by atomic mass is 15.0. The summed E-state index contributed by atoms with van der Waals surface area (Å²) in [5.74, 6) is 1.92. The van der Waals surface area contributed by atoms with Crippen molar-refractivity contribution in [3.63, 3.8) is 0 Å². The molecule has 0 aliphatic carbocycles. The van der Waals surface area contributed by atoms with Gasteiger partial charge in [0.1, 0.15) is 5.65 Å². The van der Waals surface area contributed by atoms with E-state index in [1.54, 1.807) is 0 Å². The predicted molar refractivity (Wildman–Crippen MR) is 173 cm³/mol. The van der Waals surface area contributed by atoms with Crippen molar-refractivity contribution in [2.75, 3.05) is 0 Å². The molecule has 0 fully saturated rings.